The van der Waals surface area contributed by atoms with Gasteiger partial charge in [0.05, 0.1) is 5.70 Å². The molecule has 0 aromatic rings. The Hall–Kier alpha value is -0.990. The van der Waals surface area contributed by atoms with Crippen LogP contribution in [0.3, 0.4) is 0 Å². The molecule has 1 aliphatic rings. The first kappa shape index (κ1) is 11.1. The van der Waals surface area contributed by atoms with Gasteiger partial charge in [-0.2, -0.15) is 0 Å². The number of carbonyl (C=O) groups excluding carboxylic acids is 1. The summed E-state index contributed by atoms with van der Waals surface area (Å²) in [4.78, 5) is 15.8. The highest BCUT2D eigenvalue weighted by Gasteiger charge is 2.29. The molecule has 0 spiro atoms. The molecular weight excluding hydrogens is 176 g/mol. The Bertz CT molecular complexity index is 220. The number of piperazine rings is 1. The van der Waals surface area contributed by atoms with Crippen LogP contribution in [0, 0.1) is 0 Å². The smallest absolute Gasteiger partial charge is 0.269 e. The molecule has 14 heavy (non-hydrogen) atoms. The van der Waals surface area contributed by atoms with E-state index < -0.39 is 0 Å². The van der Waals surface area contributed by atoms with Gasteiger partial charge in [0.15, 0.2) is 0 Å². The molecule has 0 aromatic carbocycles. The maximum Gasteiger partial charge on any atom is 0.269 e. The molecule has 1 rings (SSSR count). The Morgan fingerprint density at radius 1 is 1.07 bits per heavy atom. The number of rotatable bonds is 2. The van der Waals surface area contributed by atoms with Crippen LogP contribution in [0.25, 0.3) is 0 Å². The molecule has 0 aromatic heterocycles. The maximum atomic E-state index is 11.9. The number of amides is 1. The Balaban J connectivity index is 2.75. The van der Waals surface area contributed by atoms with Gasteiger partial charge in [-0.05, 0) is 27.7 Å². The van der Waals surface area contributed by atoms with E-state index in [2.05, 4.69) is 25.3 Å². The first-order valence-electron chi connectivity index (χ1n) is 5.21. The van der Waals surface area contributed by atoms with E-state index in [-0.39, 0.29) is 11.9 Å². The second kappa shape index (κ2) is 4.03. The van der Waals surface area contributed by atoms with Gasteiger partial charge in [0.1, 0.15) is 0 Å². The third-order valence-electron chi connectivity index (χ3n) is 2.68. The van der Waals surface area contributed by atoms with Crippen LogP contribution in [0.5, 0.6) is 0 Å². The van der Waals surface area contributed by atoms with Crippen molar-refractivity contribution in [3.8, 4) is 0 Å². The summed E-state index contributed by atoms with van der Waals surface area (Å²) in [6, 6.07) is 0.634. The zero-order chi connectivity index (χ0) is 10.9. The molecule has 3 heteroatoms. The van der Waals surface area contributed by atoms with Crippen LogP contribution in [0.1, 0.15) is 27.7 Å². The van der Waals surface area contributed by atoms with E-state index in [0.717, 1.165) is 13.1 Å². The molecule has 1 amide bonds. The summed E-state index contributed by atoms with van der Waals surface area (Å²) in [6.45, 7) is 13.8. The van der Waals surface area contributed by atoms with Crippen molar-refractivity contribution in [2.24, 2.45) is 0 Å². The molecule has 0 N–H and O–H groups in total. The van der Waals surface area contributed by atoms with Gasteiger partial charge in [-0.25, -0.2) is 0 Å². The lowest BCUT2D eigenvalue weighted by Crippen LogP contribution is -2.52. The highest BCUT2D eigenvalue weighted by molar-refractivity contribution is 5.93. The van der Waals surface area contributed by atoms with Crippen LogP contribution in [-0.2, 0) is 4.79 Å². The summed E-state index contributed by atoms with van der Waals surface area (Å²) in [7, 11) is 0. The minimum Gasteiger partial charge on any atom is -0.363 e. The Morgan fingerprint density at radius 3 is 1.93 bits per heavy atom. The van der Waals surface area contributed by atoms with Gasteiger partial charge in [0.2, 0.25) is 0 Å². The van der Waals surface area contributed by atoms with Crippen LogP contribution in [0.4, 0.5) is 0 Å². The first-order chi connectivity index (χ1) is 6.45. The zero-order valence-corrected chi connectivity index (χ0v) is 9.58. The summed E-state index contributed by atoms with van der Waals surface area (Å²) in [5.41, 5.74) is 0.639. The Morgan fingerprint density at radius 2 is 1.50 bits per heavy atom. The van der Waals surface area contributed by atoms with Gasteiger partial charge in [0, 0.05) is 25.2 Å². The third-order valence-corrected chi connectivity index (χ3v) is 2.68. The number of carbonyl (C=O) groups is 1. The fourth-order valence-electron chi connectivity index (χ4n) is 1.80. The molecule has 80 valence electrons. The number of hydrogen-bond donors (Lipinski definition) is 0. The molecule has 0 aliphatic carbocycles. The fraction of sp³-hybridized carbons (Fsp3) is 0.727. The van der Waals surface area contributed by atoms with Crippen molar-refractivity contribution < 1.29 is 4.79 Å². The lowest BCUT2D eigenvalue weighted by atomic mass is 10.1. The molecule has 0 saturated carbocycles. The van der Waals surface area contributed by atoms with E-state index in [0.29, 0.717) is 11.7 Å². The molecule has 1 heterocycles. The van der Waals surface area contributed by atoms with Gasteiger partial charge in [-0.1, -0.05) is 6.58 Å². The summed E-state index contributed by atoms with van der Waals surface area (Å²) < 4.78 is 0. The van der Waals surface area contributed by atoms with E-state index >= 15 is 0 Å². The van der Waals surface area contributed by atoms with Crippen molar-refractivity contribution in [2.45, 2.75) is 39.8 Å². The van der Waals surface area contributed by atoms with Crippen molar-refractivity contribution in [1.82, 2.24) is 9.80 Å². The SMILES string of the molecule is C=C1C(=O)N(C(C)C)CCN1C(C)C. The first-order valence-corrected chi connectivity index (χ1v) is 5.21. The van der Waals surface area contributed by atoms with Crippen LogP contribution in [0.15, 0.2) is 12.3 Å². The lowest BCUT2D eigenvalue weighted by molar-refractivity contribution is -0.133. The quantitative estimate of drug-likeness (QED) is 0.624. The molecule has 1 aliphatic heterocycles. The molecule has 1 fully saturated rings. The van der Waals surface area contributed by atoms with E-state index in [9.17, 15) is 4.79 Å². The summed E-state index contributed by atoms with van der Waals surface area (Å²) >= 11 is 0. The standard InChI is InChI=1S/C11H20N2O/c1-8(2)12-6-7-13(9(3)4)11(14)10(12)5/h8-9H,5-7H2,1-4H3. The topological polar surface area (TPSA) is 23.6 Å². The van der Waals surface area contributed by atoms with E-state index in [4.69, 9.17) is 0 Å². The normalized spacial score (nSPS) is 18.7. The van der Waals surface area contributed by atoms with Gasteiger partial charge in [-0.3, -0.25) is 4.79 Å². The van der Waals surface area contributed by atoms with Crippen LogP contribution < -0.4 is 0 Å². The third kappa shape index (κ3) is 1.91. The molecular formula is C11H20N2O. The van der Waals surface area contributed by atoms with Crippen LogP contribution in [0.2, 0.25) is 0 Å². The van der Waals surface area contributed by atoms with Gasteiger partial charge < -0.3 is 9.80 Å². The second-order valence-corrected chi connectivity index (χ2v) is 4.33. The van der Waals surface area contributed by atoms with Crippen LogP contribution >= 0.6 is 0 Å². The minimum atomic E-state index is 0.0833. The molecule has 3 nitrogen and oxygen atoms in total. The molecule has 1 saturated heterocycles. The molecule has 0 radical (unpaired) electrons. The largest absolute Gasteiger partial charge is 0.363 e. The molecule has 0 atom stereocenters. The summed E-state index contributed by atoms with van der Waals surface area (Å²) in [5, 5.41) is 0. The predicted octanol–water partition coefficient (Wildman–Crippen LogP) is 1.46. The summed E-state index contributed by atoms with van der Waals surface area (Å²) in [6.07, 6.45) is 0. The highest BCUT2D eigenvalue weighted by Crippen LogP contribution is 2.17. The van der Waals surface area contributed by atoms with Crippen molar-refractivity contribution in [2.75, 3.05) is 13.1 Å². The van der Waals surface area contributed by atoms with E-state index in [1.807, 2.05) is 18.7 Å². The van der Waals surface area contributed by atoms with Gasteiger partial charge in [-0.15, -0.1) is 0 Å². The van der Waals surface area contributed by atoms with Gasteiger partial charge in [0.25, 0.3) is 5.91 Å². The fourth-order valence-corrected chi connectivity index (χ4v) is 1.80. The van der Waals surface area contributed by atoms with E-state index in [1.165, 1.54) is 0 Å². The van der Waals surface area contributed by atoms with Crippen molar-refractivity contribution in [3.05, 3.63) is 12.3 Å². The number of nitrogens with zero attached hydrogens (tertiary/aromatic N) is 2. The highest BCUT2D eigenvalue weighted by atomic mass is 16.2. The van der Waals surface area contributed by atoms with Crippen LogP contribution in [-0.4, -0.2) is 40.9 Å². The average molecular weight is 196 g/mol. The number of hydrogen-bond acceptors (Lipinski definition) is 2. The van der Waals surface area contributed by atoms with Crippen molar-refractivity contribution >= 4 is 5.91 Å². The van der Waals surface area contributed by atoms with E-state index in [1.54, 1.807) is 0 Å². The molecule has 0 unspecified atom stereocenters. The second-order valence-electron chi connectivity index (χ2n) is 4.33. The Labute approximate surface area is 86.4 Å². The average Bonchev–Trinajstić information content (AvgIpc) is 2.08. The van der Waals surface area contributed by atoms with Crippen molar-refractivity contribution in [1.29, 1.82) is 0 Å². The maximum absolute atomic E-state index is 11.9. The van der Waals surface area contributed by atoms with Crippen molar-refractivity contribution in [3.63, 3.8) is 0 Å². The minimum absolute atomic E-state index is 0.0833. The summed E-state index contributed by atoms with van der Waals surface area (Å²) in [5.74, 6) is 0.0833. The van der Waals surface area contributed by atoms with Gasteiger partial charge >= 0.3 is 0 Å². The monoisotopic (exact) mass is 196 g/mol. The zero-order valence-electron chi connectivity index (χ0n) is 9.58. The predicted molar refractivity (Wildman–Crippen MR) is 57.8 cm³/mol. The lowest BCUT2D eigenvalue weighted by Gasteiger charge is -2.41. The Kier molecular flexibility index (Phi) is 3.19. The molecule has 0 bridgehead atoms.